The van der Waals surface area contributed by atoms with Crippen molar-refractivity contribution in [1.29, 1.82) is 0 Å². The van der Waals surface area contributed by atoms with Gasteiger partial charge in [-0.15, -0.1) is 11.3 Å². The highest BCUT2D eigenvalue weighted by Crippen LogP contribution is 2.47. The van der Waals surface area contributed by atoms with Crippen molar-refractivity contribution in [2.75, 3.05) is 4.90 Å². The lowest BCUT2D eigenvalue weighted by Gasteiger charge is -2.27. The summed E-state index contributed by atoms with van der Waals surface area (Å²) in [5.41, 5.74) is 13.5. The summed E-state index contributed by atoms with van der Waals surface area (Å²) in [6, 6.07) is 89.3. The van der Waals surface area contributed by atoms with Gasteiger partial charge in [0.15, 0.2) is 0 Å². The molecule has 0 saturated carbocycles. The summed E-state index contributed by atoms with van der Waals surface area (Å²) in [5.74, 6) is 0. The highest BCUT2D eigenvalue weighted by atomic mass is 32.1. The molecule has 0 N–H and O–H groups in total. The third kappa shape index (κ3) is 8.19. The first-order valence-electron chi connectivity index (χ1n) is 23.3. The summed E-state index contributed by atoms with van der Waals surface area (Å²) < 4.78 is 4.98. The molecule has 326 valence electrons. The first-order chi connectivity index (χ1) is 33.5. The maximum Gasteiger partial charge on any atom is 0.0643 e. The quantitative estimate of drug-likeness (QED) is 0.167. The van der Waals surface area contributed by atoms with Gasteiger partial charge in [-0.2, -0.15) is 0 Å². The van der Waals surface area contributed by atoms with Crippen LogP contribution in [0.5, 0.6) is 0 Å². The van der Waals surface area contributed by atoms with E-state index in [-0.39, 0.29) is 0 Å². The number of anilines is 3. The lowest BCUT2D eigenvalue weighted by atomic mass is 10.00. The molecular formula is C65H50N2S. The van der Waals surface area contributed by atoms with Crippen molar-refractivity contribution in [2.45, 2.75) is 20.8 Å². The number of aryl methyl sites for hydroxylation is 3. The minimum absolute atomic E-state index is 1.15. The minimum atomic E-state index is 1.15. The molecule has 0 saturated heterocycles. The van der Waals surface area contributed by atoms with E-state index in [0.717, 1.165) is 5.69 Å². The van der Waals surface area contributed by atoms with Crippen LogP contribution >= 0.6 is 11.3 Å². The summed E-state index contributed by atoms with van der Waals surface area (Å²) in [7, 11) is 0. The Morgan fingerprint density at radius 3 is 1.65 bits per heavy atom. The maximum absolute atomic E-state index is 2.45. The molecule has 13 aromatic rings. The summed E-state index contributed by atoms with van der Waals surface area (Å²) in [6.07, 6.45) is 0. The number of thiophene rings is 1. The van der Waals surface area contributed by atoms with Gasteiger partial charge in [0.05, 0.1) is 27.1 Å². The average molecular weight is 891 g/mol. The van der Waals surface area contributed by atoms with Gasteiger partial charge in [0.1, 0.15) is 0 Å². The molecule has 2 nitrogen and oxygen atoms in total. The van der Waals surface area contributed by atoms with Gasteiger partial charge in [0, 0.05) is 43.0 Å². The Morgan fingerprint density at radius 2 is 0.926 bits per heavy atom. The summed E-state index contributed by atoms with van der Waals surface area (Å²) in [5, 5.41) is 10.3. The smallest absolute Gasteiger partial charge is 0.0643 e. The third-order valence-corrected chi connectivity index (χ3v) is 14.1. The van der Waals surface area contributed by atoms with Crippen LogP contribution in [0.25, 0.3) is 80.3 Å². The number of benzene rings is 11. The molecule has 0 atom stereocenters. The second-order valence-electron chi connectivity index (χ2n) is 17.5. The topological polar surface area (TPSA) is 8.17 Å². The number of fused-ring (bicyclic) bond motifs is 8. The predicted octanol–water partition coefficient (Wildman–Crippen LogP) is 18.9. The number of hydrogen-bond donors (Lipinski definition) is 0. The molecule has 0 fully saturated rings. The Hall–Kier alpha value is -8.24. The van der Waals surface area contributed by atoms with Crippen LogP contribution in [0, 0.1) is 20.8 Å². The Labute approximate surface area is 402 Å². The van der Waals surface area contributed by atoms with Crippen LogP contribution in [-0.2, 0) is 0 Å². The van der Waals surface area contributed by atoms with E-state index >= 15 is 0 Å². The molecule has 0 bridgehead atoms. The molecule has 0 aliphatic carbocycles. The van der Waals surface area contributed by atoms with Crippen molar-refractivity contribution < 1.29 is 0 Å². The first kappa shape index (κ1) is 42.4. The highest BCUT2D eigenvalue weighted by molar-refractivity contribution is 7.26. The van der Waals surface area contributed by atoms with Crippen molar-refractivity contribution in [3.8, 4) is 16.8 Å². The van der Waals surface area contributed by atoms with Gasteiger partial charge in [-0.3, -0.25) is 0 Å². The van der Waals surface area contributed by atoms with Gasteiger partial charge < -0.3 is 9.47 Å². The SMILES string of the molecule is Cc1cc(N(c2ccccc2)c2cccc3ccccc23)c2sc3ccc(-c4ccc5c6ccccc6n(-c6ccccc6)c5c4)cc3c2c1.Cc1cccc2ccccc12.Cc1ccccc1. The lowest BCUT2D eigenvalue weighted by molar-refractivity contribution is 1.18. The largest absolute Gasteiger partial charge is 0.309 e. The zero-order valence-electron chi connectivity index (χ0n) is 38.5. The molecule has 0 spiro atoms. The molecule has 3 heteroatoms. The van der Waals surface area contributed by atoms with Gasteiger partial charge in [-0.1, -0.05) is 188 Å². The fourth-order valence-corrected chi connectivity index (χ4v) is 10.8. The number of hydrogen-bond acceptors (Lipinski definition) is 2. The zero-order chi connectivity index (χ0) is 46.0. The van der Waals surface area contributed by atoms with Gasteiger partial charge in [-0.25, -0.2) is 0 Å². The number of aromatic nitrogens is 1. The van der Waals surface area contributed by atoms with Crippen LogP contribution in [-0.4, -0.2) is 4.57 Å². The van der Waals surface area contributed by atoms with Crippen LogP contribution in [0.1, 0.15) is 16.7 Å². The predicted molar refractivity (Wildman–Crippen MR) is 296 cm³/mol. The molecule has 0 radical (unpaired) electrons. The van der Waals surface area contributed by atoms with Gasteiger partial charge >= 0.3 is 0 Å². The van der Waals surface area contributed by atoms with E-state index in [2.05, 4.69) is 261 Å². The van der Waals surface area contributed by atoms with Crippen molar-refractivity contribution >= 4 is 91.9 Å². The van der Waals surface area contributed by atoms with Crippen LogP contribution in [0.3, 0.4) is 0 Å². The normalized spacial score (nSPS) is 11.2. The van der Waals surface area contributed by atoms with Crippen molar-refractivity contribution in [1.82, 2.24) is 4.57 Å². The third-order valence-electron chi connectivity index (χ3n) is 12.9. The second-order valence-corrected chi connectivity index (χ2v) is 18.6. The Kier molecular flexibility index (Phi) is 11.6. The van der Waals surface area contributed by atoms with Crippen molar-refractivity contribution in [3.63, 3.8) is 0 Å². The van der Waals surface area contributed by atoms with Crippen LogP contribution in [0.2, 0.25) is 0 Å². The zero-order valence-corrected chi connectivity index (χ0v) is 39.3. The van der Waals surface area contributed by atoms with E-state index < -0.39 is 0 Å². The number of para-hydroxylation sites is 3. The van der Waals surface area contributed by atoms with Crippen molar-refractivity contribution in [3.05, 3.63) is 265 Å². The molecule has 0 aliphatic rings. The molecule has 0 unspecified atom stereocenters. The Bertz CT molecular complexity index is 3870. The van der Waals surface area contributed by atoms with Crippen molar-refractivity contribution in [2.24, 2.45) is 0 Å². The van der Waals surface area contributed by atoms with E-state index in [9.17, 15) is 0 Å². The summed E-state index contributed by atoms with van der Waals surface area (Å²) in [4.78, 5) is 2.45. The maximum atomic E-state index is 2.45. The summed E-state index contributed by atoms with van der Waals surface area (Å²) in [6.45, 7) is 6.45. The fourth-order valence-electron chi connectivity index (χ4n) is 9.66. The van der Waals surface area contributed by atoms with E-state index in [1.807, 2.05) is 29.5 Å². The van der Waals surface area contributed by atoms with E-state index in [1.54, 1.807) is 0 Å². The number of rotatable bonds is 5. The fraction of sp³-hybridized carbons (Fsp3) is 0.0462. The van der Waals surface area contributed by atoms with Gasteiger partial charge in [0.25, 0.3) is 0 Å². The van der Waals surface area contributed by atoms with Crippen LogP contribution in [0.4, 0.5) is 17.1 Å². The molecule has 0 amide bonds. The second kappa shape index (κ2) is 18.6. The first-order valence-corrected chi connectivity index (χ1v) is 24.1. The van der Waals surface area contributed by atoms with Gasteiger partial charge in [-0.05, 0) is 126 Å². The highest BCUT2D eigenvalue weighted by Gasteiger charge is 2.21. The summed E-state index contributed by atoms with van der Waals surface area (Å²) >= 11 is 1.88. The molecular weight excluding hydrogens is 841 g/mol. The number of nitrogens with zero attached hydrogens (tertiary/aromatic N) is 2. The Morgan fingerprint density at radius 1 is 0.353 bits per heavy atom. The van der Waals surface area contributed by atoms with E-state index in [1.165, 1.54) is 108 Å². The molecule has 11 aromatic carbocycles. The molecule has 0 aliphatic heterocycles. The Balaban J connectivity index is 0.000000234. The van der Waals surface area contributed by atoms with Crippen LogP contribution < -0.4 is 4.90 Å². The monoisotopic (exact) mass is 890 g/mol. The lowest BCUT2D eigenvalue weighted by Crippen LogP contribution is -2.10. The molecule has 2 heterocycles. The average Bonchev–Trinajstić information content (AvgIpc) is 3.93. The van der Waals surface area contributed by atoms with E-state index in [4.69, 9.17) is 0 Å². The standard InChI is InChI=1S/C47H32N2S.C11H10.C7H8/c1-31-27-41-40-29-33(34-23-25-39-38-20-10-11-21-43(38)48(44(39)30-34)35-15-4-2-5-16-35)24-26-46(40)50-47(41)45(28-31)49(36-17-6-3-7-18-36)42-22-12-14-32-13-8-9-19-37(32)42;1-9-5-4-7-10-6-2-3-8-11(9)10;1-7-5-3-2-4-6-7/h2-30H,1H3;2-8H,1H3;2-6H,1H3. The molecule has 68 heavy (non-hydrogen) atoms. The molecule has 13 rings (SSSR count). The molecule has 2 aromatic heterocycles. The van der Waals surface area contributed by atoms with Gasteiger partial charge in [0.2, 0.25) is 0 Å². The minimum Gasteiger partial charge on any atom is -0.309 e. The van der Waals surface area contributed by atoms with E-state index in [0.29, 0.717) is 0 Å². The van der Waals surface area contributed by atoms with Crippen LogP contribution in [0.15, 0.2) is 249 Å².